The quantitative estimate of drug-likeness (QED) is 0.441. The number of amides is 2. The molecule has 0 saturated carbocycles. The molecule has 1 atom stereocenters. The molecular formula is C18H34N2O5Si. The lowest BCUT2D eigenvalue weighted by Gasteiger charge is -2.31. The van der Waals surface area contributed by atoms with Gasteiger partial charge in [0.05, 0.1) is 0 Å². The highest BCUT2D eigenvalue weighted by atomic mass is 28.3. The van der Waals surface area contributed by atoms with Crippen LogP contribution in [0.25, 0.3) is 0 Å². The molecule has 8 heteroatoms. The highest BCUT2D eigenvalue weighted by Gasteiger charge is 2.30. The van der Waals surface area contributed by atoms with Crippen LogP contribution in [0.15, 0.2) is 0 Å². The number of aliphatic hydroxyl groups is 1. The average molecular weight is 387 g/mol. The number of hydrogen-bond acceptors (Lipinski definition) is 5. The molecule has 2 amide bonds. The van der Waals surface area contributed by atoms with Crippen LogP contribution in [-0.2, 0) is 9.47 Å². The first-order valence-corrected chi connectivity index (χ1v) is 12.2. The van der Waals surface area contributed by atoms with Crippen LogP contribution in [0, 0.1) is 11.5 Å². The second-order valence-corrected chi connectivity index (χ2v) is 13.8. The van der Waals surface area contributed by atoms with Crippen LogP contribution in [-0.4, -0.2) is 54.2 Å². The minimum atomic E-state index is -1.72. The molecule has 0 heterocycles. The highest BCUT2D eigenvalue weighted by Crippen LogP contribution is 2.14. The van der Waals surface area contributed by atoms with E-state index >= 15 is 0 Å². The van der Waals surface area contributed by atoms with Gasteiger partial charge in [0.25, 0.3) is 0 Å². The van der Waals surface area contributed by atoms with Gasteiger partial charge in [-0.15, -0.1) is 5.54 Å². The maximum absolute atomic E-state index is 12.6. The number of hydrazine groups is 1. The van der Waals surface area contributed by atoms with E-state index in [1.807, 2.05) is 0 Å². The predicted molar refractivity (Wildman–Crippen MR) is 104 cm³/mol. The third-order valence-corrected chi connectivity index (χ3v) is 3.42. The van der Waals surface area contributed by atoms with Crippen molar-refractivity contribution < 1.29 is 24.2 Å². The third-order valence-electron chi connectivity index (χ3n) is 2.53. The van der Waals surface area contributed by atoms with Gasteiger partial charge in [-0.25, -0.2) is 20.0 Å². The molecule has 0 saturated heterocycles. The molecule has 0 bridgehead atoms. The van der Waals surface area contributed by atoms with Crippen molar-refractivity contribution in [1.29, 1.82) is 0 Å². The minimum absolute atomic E-state index is 0.173. The maximum Gasteiger partial charge on any atom is 0.430 e. The van der Waals surface area contributed by atoms with Crippen molar-refractivity contribution in [2.45, 2.75) is 84.8 Å². The lowest BCUT2D eigenvalue weighted by atomic mass is 10.2. The van der Waals surface area contributed by atoms with Gasteiger partial charge in [0.2, 0.25) is 0 Å². The van der Waals surface area contributed by atoms with Crippen molar-refractivity contribution >= 4 is 20.3 Å². The summed E-state index contributed by atoms with van der Waals surface area (Å²) in [6.45, 7) is 16.4. The number of carbonyl (C=O) groups is 2. The number of carbonyl (C=O) groups excluding carboxylic acids is 2. The van der Waals surface area contributed by atoms with E-state index in [4.69, 9.17) is 9.47 Å². The van der Waals surface area contributed by atoms with Crippen molar-refractivity contribution in [1.82, 2.24) is 10.4 Å². The standard InChI is InChI=1S/C18H34N2O5Si/c1-17(2,3)24-15(22)19-20(16(23)25-18(4,5)6)14(10-12-21)11-13-26(7,8)9/h14,21H,10,12H2,1-9H3,(H,19,22). The first kappa shape index (κ1) is 24.3. The summed E-state index contributed by atoms with van der Waals surface area (Å²) in [4.78, 5) is 24.8. The number of hydrogen-bond donors (Lipinski definition) is 2. The summed E-state index contributed by atoms with van der Waals surface area (Å²) in [5.41, 5.74) is 4.11. The van der Waals surface area contributed by atoms with Gasteiger partial charge in [0, 0.05) is 13.0 Å². The Morgan fingerprint density at radius 2 is 1.58 bits per heavy atom. The summed E-state index contributed by atoms with van der Waals surface area (Å²) in [6.07, 6.45) is -1.38. The Hall–Kier alpha value is -1.72. The molecule has 0 radical (unpaired) electrons. The molecule has 0 aromatic heterocycles. The van der Waals surface area contributed by atoms with E-state index in [2.05, 4.69) is 36.5 Å². The van der Waals surface area contributed by atoms with Gasteiger partial charge < -0.3 is 14.6 Å². The fourth-order valence-electron chi connectivity index (χ4n) is 1.65. The van der Waals surface area contributed by atoms with Crippen molar-refractivity contribution in [3.05, 3.63) is 0 Å². The SMILES string of the molecule is CC(C)(C)OC(=O)NN(C(=O)OC(C)(C)C)C(C#C[Si](C)(C)C)CCO. The van der Waals surface area contributed by atoms with Crippen molar-refractivity contribution in [2.75, 3.05) is 6.61 Å². The zero-order valence-corrected chi connectivity index (χ0v) is 18.5. The fourth-order valence-corrected chi connectivity index (χ4v) is 2.25. The largest absolute Gasteiger partial charge is 0.443 e. The predicted octanol–water partition coefficient (Wildman–Crippen LogP) is 3.30. The average Bonchev–Trinajstić information content (AvgIpc) is 2.36. The smallest absolute Gasteiger partial charge is 0.430 e. The highest BCUT2D eigenvalue weighted by molar-refractivity contribution is 6.83. The van der Waals surface area contributed by atoms with Gasteiger partial charge in [0.1, 0.15) is 25.3 Å². The molecule has 1 unspecified atom stereocenters. The fraction of sp³-hybridized carbons (Fsp3) is 0.778. The Balaban J connectivity index is 5.65. The van der Waals surface area contributed by atoms with Crippen molar-refractivity contribution in [3.63, 3.8) is 0 Å². The van der Waals surface area contributed by atoms with Crippen LogP contribution in [0.4, 0.5) is 9.59 Å². The normalized spacial score (nSPS) is 13.2. The third kappa shape index (κ3) is 11.8. The van der Waals surface area contributed by atoms with Gasteiger partial charge in [-0.05, 0) is 41.5 Å². The van der Waals surface area contributed by atoms with E-state index in [0.29, 0.717) is 0 Å². The molecule has 2 N–H and O–H groups in total. The van der Waals surface area contributed by atoms with Crippen LogP contribution in [0.5, 0.6) is 0 Å². The van der Waals surface area contributed by atoms with E-state index < -0.39 is 37.5 Å². The molecule has 0 fully saturated rings. The molecule has 0 spiro atoms. The van der Waals surface area contributed by atoms with Crippen LogP contribution in [0.2, 0.25) is 19.6 Å². The molecule has 7 nitrogen and oxygen atoms in total. The van der Waals surface area contributed by atoms with Crippen LogP contribution >= 0.6 is 0 Å². The van der Waals surface area contributed by atoms with Gasteiger partial charge in [-0.3, -0.25) is 0 Å². The van der Waals surface area contributed by atoms with Gasteiger partial charge in [0.15, 0.2) is 0 Å². The molecule has 0 aromatic rings. The monoisotopic (exact) mass is 386 g/mol. The summed E-state index contributed by atoms with van der Waals surface area (Å²) < 4.78 is 10.6. The maximum atomic E-state index is 12.6. The van der Waals surface area contributed by atoms with Crippen molar-refractivity contribution in [2.24, 2.45) is 0 Å². The Kier molecular flexibility index (Phi) is 8.67. The van der Waals surface area contributed by atoms with Crippen LogP contribution in [0.1, 0.15) is 48.0 Å². The minimum Gasteiger partial charge on any atom is -0.443 e. The van der Waals surface area contributed by atoms with Crippen LogP contribution < -0.4 is 5.43 Å². The van der Waals surface area contributed by atoms with E-state index in [1.54, 1.807) is 41.5 Å². The van der Waals surface area contributed by atoms with E-state index in [1.165, 1.54) is 0 Å². The van der Waals surface area contributed by atoms with E-state index in [-0.39, 0.29) is 13.0 Å². The first-order chi connectivity index (χ1) is 11.5. The summed E-state index contributed by atoms with van der Waals surface area (Å²) in [5.74, 6) is 3.00. The Bertz CT molecular complexity index is 547. The molecule has 0 aromatic carbocycles. The lowest BCUT2D eigenvalue weighted by Crippen LogP contribution is -2.54. The number of aliphatic hydroxyl groups excluding tert-OH is 1. The molecule has 150 valence electrons. The summed E-state index contributed by atoms with van der Waals surface area (Å²) in [5, 5.41) is 10.4. The molecular weight excluding hydrogens is 352 g/mol. The first-order valence-electron chi connectivity index (χ1n) is 8.69. The number of ether oxygens (including phenoxy) is 2. The van der Waals surface area contributed by atoms with Crippen molar-refractivity contribution in [3.8, 4) is 11.5 Å². The second kappa shape index (κ2) is 9.28. The lowest BCUT2D eigenvalue weighted by molar-refractivity contribution is -0.00593. The number of rotatable bonds is 3. The second-order valence-electron chi connectivity index (χ2n) is 9.01. The topological polar surface area (TPSA) is 88.1 Å². The van der Waals surface area contributed by atoms with Gasteiger partial charge >= 0.3 is 12.2 Å². The Morgan fingerprint density at radius 1 is 1.08 bits per heavy atom. The number of nitrogens with one attached hydrogen (secondary N) is 1. The van der Waals surface area contributed by atoms with Gasteiger partial charge in [-0.1, -0.05) is 25.6 Å². The van der Waals surface area contributed by atoms with Crippen LogP contribution in [0.3, 0.4) is 0 Å². The summed E-state index contributed by atoms with van der Waals surface area (Å²) in [7, 11) is -1.72. The van der Waals surface area contributed by atoms with E-state index in [9.17, 15) is 14.7 Å². The molecule has 0 aliphatic rings. The summed E-state index contributed by atoms with van der Waals surface area (Å²) in [6, 6.07) is -0.728. The molecule has 0 aliphatic carbocycles. The molecule has 0 aliphatic heterocycles. The summed E-state index contributed by atoms with van der Waals surface area (Å²) >= 11 is 0. The molecule has 26 heavy (non-hydrogen) atoms. The molecule has 0 rings (SSSR count). The van der Waals surface area contributed by atoms with E-state index in [0.717, 1.165) is 5.01 Å². The Labute approximate surface area is 158 Å². The number of nitrogens with zero attached hydrogens (tertiary/aromatic N) is 1. The zero-order valence-electron chi connectivity index (χ0n) is 17.5. The Morgan fingerprint density at radius 3 is 1.96 bits per heavy atom. The zero-order chi connectivity index (χ0) is 20.8. The van der Waals surface area contributed by atoms with Gasteiger partial charge in [-0.2, -0.15) is 0 Å².